The highest BCUT2D eigenvalue weighted by atomic mass is 127. The van der Waals surface area contributed by atoms with Crippen molar-refractivity contribution in [3.05, 3.63) is 42.8 Å². The van der Waals surface area contributed by atoms with Crippen LogP contribution in [0.1, 0.15) is 12.8 Å². The zero-order chi connectivity index (χ0) is 8.67. The summed E-state index contributed by atoms with van der Waals surface area (Å²) in [5.41, 5.74) is 1.61. The molecular weight excluding hydrogens is 271 g/mol. The second-order valence-corrected chi connectivity index (χ2v) is 6.12. The van der Waals surface area contributed by atoms with Crippen LogP contribution in [0.5, 0.6) is 0 Å². The Morgan fingerprint density at radius 1 is 1.15 bits per heavy atom. The van der Waals surface area contributed by atoms with Crippen LogP contribution in [0.25, 0.3) is 5.57 Å². The lowest BCUT2D eigenvalue weighted by atomic mass is 10.1. The summed E-state index contributed by atoms with van der Waals surface area (Å²) in [4.78, 5) is 0. The van der Waals surface area contributed by atoms with E-state index in [0.717, 1.165) is 5.92 Å². The Hall–Kier alpha value is -0.440. The first-order valence-electron chi connectivity index (χ1n) is 4.71. The van der Waals surface area contributed by atoms with Crippen LogP contribution in [-0.2, 0) is 0 Å². The molecule has 3 rings (SSSR count). The van der Waals surface area contributed by atoms with Gasteiger partial charge in [0.1, 0.15) is 0 Å². The first-order chi connectivity index (χ1) is 6.45. The molecule has 1 saturated carbocycles. The second kappa shape index (κ2) is 3.05. The largest absolute Gasteiger partial charge is 0.0850 e. The van der Waals surface area contributed by atoms with Crippen molar-refractivity contribution in [3.63, 3.8) is 0 Å². The Morgan fingerprint density at radius 3 is 2.85 bits per heavy atom. The van der Waals surface area contributed by atoms with Gasteiger partial charge in [0, 0.05) is 3.15 Å². The van der Waals surface area contributed by atoms with Crippen LogP contribution < -0.4 is 5.22 Å². The van der Waals surface area contributed by atoms with Crippen molar-refractivity contribution in [1.29, 1.82) is 0 Å². The van der Waals surface area contributed by atoms with Crippen molar-refractivity contribution in [1.82, 2.24) is 0 Å². The molecule has 0 nitrogen and oxygen atoms in total. The van der Waals surface area contributed by atoms with E-state index in [1.165, 1.54) is 12.8 Å². The summed E-state index contributed by atoms with van der Waals surface area (Å²) < 4.78 is 4.03. The lowest BCUT2D eigenvalue weighted by Crippen LogP contribution is -2.08. The fourth-order valence-electron chi connectivity index (χ4n) is 1.80. The maximum absolute atomic E-state index is 2.41. The van der Waals surface area contributed by atoms with Gasteiger partial charge in [-0.3, -0.25) is 0 Å². The van der Waals surface area contributed by atoms with E-state index in [2.05, 4.69) is 34.4 Å². The molecule has 66 valence electrons. The number of fused-ring (bicyclic) bond motifs is 1. The number of hydrogen-bond acceptors (Lipinski definition) is 0. The molecule has 1 heteroatoms. The van der Waals surface area contributed by atoms with Gasteiger partial charge in [0.05, 0.1) is 0 Å². The van der Waals surface area contributed by atoms with Crippen LogP contribution in [0.4, 0.5) is 0 Å². The van der Waals surface area contributed by atoms with Gasteiger partial charge in [-0.25, -0.2) is 0 Å². The SMILES string of the molecule is C1=CC(C2CC2)=c2ccccc2=I1. The first-order valence-corrected chi connectivity index (χ1v) is 7.04. The minimum absolute atomic E-state index is 0.169. The number of rotatable bonds is 1. The zero-order valence-corrected chi connectivity index (χ0v) is 9.49. The van der Waals surface area contributed by atoms with Gasteiger partial charge in [-0.05, 0) is 39.7 Å². The highest BCUT2D eigenvalue weighted by molar-refractivity contribution is 14.2. The summed E-state index contributed by atoms with van der Waals surface area (Å²) in [5, 5.41) is 1.56. The fraction of sp³-hybridized carbons (Fsp3) is 0.250. The van der Waals surface area contributed by atoms with Gasteiger partial charge in [-0.1, -0.05) is 45.0 Å². The minimum Gasteiger partial charge on any atom is -0.0850 e. The summed E-state index contributed by atoms with van der Waals surface area (Å²) in [6, 6.07) is 8.94. The molecule has 1 aromatic carbocycles. The van der Waals surface area contributed by atoms with Crippen molar-refractivity contribution < 1.29 is 0 Å². The first kappa shape index (κ1) is 7.92. The quantitative estimate of drug-likeness (QED) is 0.695. The molecule has 0 atom stereocenters. The van der Waals surface area contributed by atoms with Crippen molar-refractivity contribution in [2.45, 2.75) is 12.8 Å². The second-order valence-electron chi connectivity index (χ2n) is 3.61. The van der Waals surface area contributed by atoms with E-state index in [4.69, 9.17) is 0 Å². The molecular formula is C12H11I. The third kappa shape index (κ3) is 1.39. The molecule has 0 amide bonds. The standard InChI is InChI=1S/C12H11I/c1-2-4-12-11(3-1)10(7-8-13-12)9-5-6-9/h1-4,7-9H,5-6H2. The molecule has 1 fully saturated rings. The molecule has 0 aromatic heterocycles. The predicted molar refractivity (Wildman–Crippen MR) is 64.2 cm³/mol. The lowest BCUT2D eigenvalue weighted by Gasteiger charge is -2.02. The predicted octanol–water partition coefficient (Wildman–Crippen LogP) is 3.00. The summed E-state index contributed by atoms with van der Waals surface area (Å²) in [6.45, 7) is 0. The van der Waals surface area contributed by atoms with Crippen molar-refractivity contribution in [3.8, 4) is 0 Å². The monoisotopic (exact) mass is 282 g/mol. The molecule has 0 radical (unpaired) electrons. The van der Waals surface area contributed by atoms with Crippen LogP contribution in [-0.4, -0.2) is 0 Å². The maximum atomic E-state index is 2.41. The highest BCUT2D eigenvalue weighted by Gasteiger charge is 2.25. The van der Waals surface area contributed by atoms with Crippen molar-refractivity contribution >= 4 is 26.3 Å². The molecule has 0 bridgehead atoms. The van der Waals surface area contributed by atoms with Gasteiger partial charge in [-0.15, -0.1) is 0 Å². The average Bonchev–Trinajstić information content (AvgIpc) is 3.00. The maximum Gasteiger partial charge on any atom is 0.0152 e. The fourth-order valence-corrected chi connectivity index (χ4v) is 3.99. The van der Waals surface area contributed by atoms with E-state index in [-0.39, 0.29) is 20.7 Å². The molecule has 0 spiro atoms. The zero-order valence-electron chi connectivity index (χ0n) is 7.33. The number of benzene rings is 1. The average molecular weight is 282 g/mol. The lowest BCUT2D eigenvalue weighted by molar-refractivity contribution is 1.15. The highest BCUT2D eigenvalue weighted by Crippen LogP contribution is 2.38. The van der Waals surface area contributed by atoms with Crippen molar-refractivity contribution in [2.75, 3.05) is 0 Å². The Kier molecular flexibility index (Phi) is 1.86. The molecule has 0 saturated heterocycles. The minimum atomic E-state index is 0.169. The van der Waals surface area contributed by atoms with Crippen LogP contribution in [0, 0.1) is 9.07 Å². The molecule has 1 aromatic rings. The molecule has 1 aliphatic carbocycles. The summed E-state index contributed by atoms with van der Waals surface area (Å²) >= 11 is 0.169. The van der Waals surface area contributed by atoms with E-state index >= 15 is 0 Å². The van der Waals surface area contributed by atoms with E-state index in [1.807, 2.05) is 0 Å². The van der Waals surface area contributed by atoms with E-state index in [9.17, 15) is 0 Å². The Morgan fingerprint density at radius 2 is 2.00 bits per heavy atom. The van der Waals surface area contributed by atoms with Crippen LogP contribution in [0.2, 0.25) is 0 Å². The molecule has 0 unspecified atom stereocenters. The Bertz CT molecular complexity index is 478. The third-order valence-electron chi connectivity index (χ3n) is 2.63. The Balaban J connectivity index is 2.38. The molecule has 2 aliphatic rings. The Labute approximate surface area is 87.7 Å². The van der Waals surface area contributed by atoms with Crippen LogP contribution in [0.15, 0.2) is 34.4 Å². The van der Waals surface area contributed by atoms with Gasteiger partial charge >= 0.3 is 0 Å². The molecule has 1 aliphatic heterocycles. The number of hydrogen-bond donors (Lipinski definition) is 0. The number of allylic oxidation sites excluding steroid dienone is 1. The summed E-state index contributed by atoms with van der Waals surface area (Å²) in [5.74, 6) is 0.890. The molecule has 13 heavy (non-hydrogen) atoms. The molecule has 1 heterocycles. The van der Waals surface area contributed by atoms with Gasteiger partial charge < -0.3 is 0 Å². The summed E-state index contributed by atoms with van der Waals surface area (Å²) in [7, 11) is 0. The van der Waals surface area contributed by atoms with Gasteiger partial charge in [0.25, 0.3) is 0 Å². The van der Waals surface area contributed by atoms with Crippen molar-refractivity contribution in [2.24, 2.45) is 5.92 Å². The topological polar surface area (TPSA) is 0 Å². The normalized spacial score (nSPS) is 20.2. The third-order valence-corrected chi connectivity index (χ3v) is 4.96. The van der Waals surface area contributed by atoms with E-state index in [1.54, 1.807) is 13.9 Å². The smallest absolute Gasteiger partial charge is 0.0152 e. The summed E-state index contributed by atoms with van der Waals surface area (Å²) in [6.07, 6.45) is 5.20. The van der Waals surface area contributed by atoms with E-state index < -0.39 is 0 Å². The van der Waals surface area contributed by atoms with Gasteiger partial charge in [0.2, 0.25) is 0 Å². The number of halogens is 1. The van der Waals surface area contributed by atoms with E-state index in [0.29, 0.717) is 0 Å². The van der Waals surface area contributed by atoms with Crippen LogP contribution >= 0.6 is 20.7 Å². The van der Waals surface area contributed by atoms with Gasteiger partial charge in [-0.2, -0.15) is 0 Å². The molecule has 0 N–H and O–H groups in total. The van der Waals surface area contributed by atoms with Gasteiger partial charge in [0.15, 0.2) is 0 Å². The van der Waals surface area contributed by atoms with Crippen LogP contribution in [0.3, 0.4) is 0 Å².